The van der Waals surface area contributed by atoms with E-state index in [1.54, 1.807) is 21.3 Å². The van der Waals surface area contributed by atoms with Gasteiger partial charge in [0, 0.05) is 31.1 Å². The molecule has 10 heteroatoms. The fourth-order valence-electron chi connectivity index (χ4n) is 0.719. The normalized spacial score (nSPS) is 11.2. The third-order valence-electron chi connectivity index (χ3n) is 1.98. The minimum atomic E-state index is -0.890. The van der Waals surface area contributed by atoms with Crippen molar-refractivity contribution in [1.82, 2.24) is 0 Å². The topological polar surface area (TPSA) is 55.4 Å². The lowest BCUT2D eigenvalue weighted by molar-refractivity contribution is 0.149. The van der Waals surface area contributed by atoms with Crippen molar-refractivity contribution < 1.29 is 27.5 Å². The van der Waals surface area contributed by atoms with Crippen molar-refractivity contribution in [3.8, 4) is 0 Å². The summed E-state index contributed by atoms with van der Waals surface area (Å²) < 4.78 is 29.2. The molecule has 0 radical (unpaired) electrons. The summed E-state index contributed by atoms with van der Waals surface area (Å²) in [6, 6.07) is 0. The SMILES string of the molecule is C=C[SiH]([SiH3])OCCOC.COCCO[SiH3].COCCO[SiH3]. The highest BCUT2D eigenvalue weighted by Gasteiger charge is 1.95. The van der Waals surface area contributed by atoms with Crippen LogP contribution in [0.4, 0.5) is 0 Å². The number of ether oxygens (including phenoxy) is 3. The monoisotopic (exact) mass is 374 g/mol. The third-order valence-corrected chi connectivity index (χ3v) is 6.64. The average molecular weight is 375 g/mol. The molecule has 0 aliphatic rings. The van der Waals surface area contributed by atoms with Crippen molar-refractivity contribution in [2.75, 3.05) is 61.0 Å². The molecule has 0 aliphatic heterocycles. The van der Waals surface area contributed by atoms with Crippen LogP contribution in [-0.4, -0.2) is 100 Å². The standard InChI is InChI=1S/C5H14O2Si2.2C3H10O2Si/c1-3-9(8)7-5-4-6-2;2*1-4-2-3-5-6/h3,9H,1,4-5H2,2,8H3;2*2-3H2,1,6H3. The van der Waals surface area contributed by atoms with E-state index < -0.39 is 8.56 Å². The van der Waals surface area contributed by atoms with E-state index in [0.717, 1.165) is 63.8 Å². The first-order valence-electron chi connectivity index (χ1n) is 6.83. The van der Waals surface area contributed by atoms with Crippen molar-refractivity contribution >= 4 is 39.3 Å². The predicted octanol–water partition coefficient (Wildman–Crippen LogP) is -3.18. The summed E-state index contributed by atoms with van der Waals surface area (Å²) in [7, 11) is 6.92. The summed E-state index contributed by atoms with van der Waals surface area (Å²) in [5.74, 6) is 0. The van der Waals surface area contributed by atoms with E-state index in [2.05, 4.69) is 16.1 Å². The van der Waals surface area contributed by atoms with E-state index in [9.17, 15) is 0 Å². The fourth-order valence-corrected chi connectivity index (χ4v) is 2.36. The molecule has 0 saturated carbocycles. The lowest BCUT2D eigenvalue weighted by Crippen LogP contribution is -2.18. The molecule has 0 aromatic rings. The van der Waals surface area contributed by atoms with Gasteiger partial charge in [0.25, 0.3) is 0 Å². The molecule has 1 unspecified atom stereocenters. The van der Waals surface area contributed by atoms with Crippen LogP contribution in [0.1, 0.15) is 0 Å². The number of hydrogen-bond acceptors (Lipinski definition) is 6. The van der Waals surface area contributed by atoms with Gasteiger partial charge in [-0.1, -0.05) is 5.70 Å². The average Bonchev–Trinajstić information content (AvgIpc) is 2.52. The van der Waals surface area contributed by atoms with Gasteiger partial charge in [-0.2, -0.15) is 0 Å². The van der Waals surface area contributed by atoms with Gasteiger partial charge in [-0.25, -0.2) is 0 Å². The highest BCUT2D eigenvalue weighted by molar-refractivity contribution is 7.02. The number of hydrogen-bond donors (Lipinski definition) is 0. The summed E-state index contributed by atoms with van der Waals surface area (Å²) >= 11 is 0. The van der Waals surface area contributed by atoms with Crippen LogP contribution in [0, 0.1) is 0 Å². The molecule has 6 nitrogen and oxygen atoms in total. The van der Waals surface area contributed by atoms with E-state index in [0.29, 0.717) is 6.61 Å². The Bertz CT molecular complexity index is 163. The minimum Gasteiger partial charge on any atom is -0.426 e. The second-order valence-electron chi connectivity index (χ2n) is 3.78. The minimum absolute atomic E-state index is 0.708. The van der Waals surface area contributed by atoms with Crippen LogP contribution in [0.2, 0.25) is 0 Å². The van der Waals surface area contributed by atoms with Crippen LogP contribution in [0.25, 0.3) is 0 Å². The van der Waals surface area contributed by atoms with Gasteiger partial charge in [0.05, 0.1) is 39.6 Å². The van der Waals surface area contributed by atoms with Crippen LogP contribution >= 0.6 is 0 Å². The summed E-state index contributed by atoms with van der Waals surface area (Å²) in [6.07, 6.45) is 0. The van der Waals surface area contributed by atoms with Crippen molar-refractivity contribution in [2.45, 2.75) is 0 Å². The molecule has 0 heterocycles. The second kappa shape index (κ2) is 28.5. The zero-order valence-electron chi connectivity index (χ0n) is 14.6. The first-order chi connectivity index (χ1) is 10.1. The first-order valence-corrected chi connectivity index (χ1v) is 14.2. The van der Waals surface area contributed by atoms with Gasteiger partial charge in [-0.3, -0.25) is 0 Å². The van der Waals surface area contributed by atoms with Crippen LogP contribution in [0.3, 0.4) is 0 Å². The van der Waals surface area contributed by atoms with Gasteiger partial charge in [0.15, 0.2) is 8.56 Å². The van der Waals surface area contributed by atoms with E-state index in [1.165, 1.54) is 0 Å². The molecule has 0 bridgehead atoms. The molecule has 0 spiro atoms. The van der Waals surface area contributed by atoms with E-state index in [-0.39, 0.29) is 0 Å². The molecule has 0 fully saturated rings. The Morgan fingerprint density at radius 2 is 1.19 bits per heavy atom. The van der Waals surface area contributed by atoms with E-state index in [1.807, 2.05) is 5.70 Å². The van der Waals surface area contributed by atoms with Crippen LogP contribution in [0.5, 0.6) is 0 Å². The predicted molar refractivity (Wildman–Crippen MR) is 101 cm³/mol. The van der Waals surface area contributed by atoms with E-state index >= 15 is 0 Å². The Labute approximate surface area is 140 Å². The molecular weight excluding hydrogens is 340 g/mol. The molecule has 1 atom stereocenters. The molecule has 0 aromatic heterocycles. The molecule has 0 N–H and O–H groups in total. The lowest BCUT2D eigenvalue weighted by Gasteiger charge is -2.04. The Hall–Kier alpha value is 0.368. The summed E-state index contributed by atoms with van der Waals surface area (Å²) in [5.41, 5.74) is 1.96. The maximum absolute atomic E-state index is 5.39. The third kappa shape index (κ3) is 38.5. The van der Waals surface area contributed by atoms with Gasteiger partial charge >= 0.3 is 0 Å². The molecule has 0 aliphatic carbocycles. The summed E-state index contributed by atoms with van der Waals surface area (Å²) in [5, 5.41) is 0. The van der Waals surface area contributed by atoms with Crippen LogP contribution < -0.4 is 0 Å². The zero-order chi connectivity index (χ0) is 16.8. The summed E-state index contributed by atoms with van der Waals surface area (Å²) in [6.45, 7) is 8.07. The molecule has 0 aromatic carbocycles. The molecule has 0 amide bonds. The van der Waals surface area contributed by atoms with Crippen molar-refractivity contribution in [1.29, 1.82) is 0 Å². The maximum Gasteiger partial charge on any atom is 0.176 e. The molecular formula is C11H34O6Si4. The smallest absolute Gasteiger partial charge is 0.176 e. The largest absolute Gasteiger partial charge is 0.426 e. The highest BCUT2D eigenvalue weighted by atomic mass is 29.2. The fraction of sp³-hybridized carbons (Fsp3) is 0.818. The van der Waals surface area contributed by atoms with Crippen LogP contribution in [0.15, 0.2) is 12.3 Å². The Balaban J connectivity index is -0.000000240. The van der Waals surface area contributed by atoms with Crippen molar-refractivity contribution in [3.05, 3.63) is 12.3 Å². The number of rotatable bonds is 11. The Morgan fingerprint density at radius 3 is 1.43 bits per heavy atom. The van der Waals surface area contributed by atoms with Gasteiger partial charge in [-0.05, 0) is 0 Å². The Kier molecular flexibility index (Phi) is 35.7. The van der Waals surface area contributed by atoms with Gasteiger partial charge in [0.2, 0.25) is 0 Å². The molecule has 0 saturated heterocycles. The zero-order valence-corrected chi connectivity index (χ0v) is 21.7. The lowest BCUT2D eigenvalue weighted by atomic mass is 10.8. The number of methoxy groups -OCH3 is 3. The van der Waals surface area contributed by atoms with Crippen molar-refractivity contribution in [3.63, 3.8) is 0 Å². The van der Waals surface area contributed by atoms with E-state index in [4.69, 9.17) is 18.0 Å². The quantitative estimate of drug-likeness (QED) is 0.281. The van der Waals surface area contributed by atoms with Crippen LogP contribution in [-0.2, 0) is 27.5 Å². The van der Waals surface area contributed by atoms with Gasteiger partial charge in [0.1, 0.15) is 21.0 Å². The molecule has 21 heavy (non-hydrogen) atoms. The maximum atomic E-state index is 5.39. The molecule has 130 valence electrons. The highest BCUT2D eigenvalue weighted by Crippen LogP contribution is 1.80. The van der Waals surface area contributed by atoms with Gasteiger partial charge in [-0.15, -0.1) is 6.58 Å². The van der Waals surface area contributed by atoms with Crippen molar-refractivity contribution in [2.24, 2.45) is 0 Å². The summed E-state index contributed by atoms with van der Waals surface area (Å²) in [4.78, 5) is 0. The first kappa shape index (κ1) is 26.3. The Morgan fingerprint density at radius 1 is 0.810 bits per heavy atom. The molecule has 0 rings (SSSR count). The van der Waals surface area contributed by atoms with Gasteiger partial charge < -0.3 is 27.5 Å². The second-order valence-corrected chi connectivity index (χ2v) is 10.6.